The average molecular weight is 192 g/mol. The summed E-state index contributed by atoms with van der Waals surface area (Å²) in [5.41, 5.74) is 1.26. The van der Waals surface area contributed by atoms with Crippen molar-refractivity contribution in [2.75, 3.05) is 7.05 Å². The summed E-state index contributed by atoms with van der Waals surface area (Å²) in [6, 6.07) is 4.39. The predicted octanol–water partition coefficient (Wildman–Crippen LogP) is 1.18. The monoisotopic (exact) mass is 192 g/mol. The maximum absolute atomic E-state index is 11.5. The van der Waals surface area contributed by atoms with Crippen molar-refractivity contribution in [3.63, 3.8) is 0 Å². The Morgan fingerprint density at radius 2 is 2.21 bits per heavy atom. The maximum Gasteiger partial charge on any atom is 0.270 e. The predicted molar refractivity (Wildman–Crippen MR) is 48.9 cm³/mol. The fraction of sp³-hybridized carbons (Fsp3) is 0.222. The van der Waals surface area contributed by atoms with Crippen LogP contribution < -0.4 is 0 Å². The molecule has 0 saturated carbocycles. The van der Waals surface area contributed by atoms with Gasteiger partial charge >= 0.3 is 0 Å². The van der Waals surface area contributed by atoms with Gasteiger partial charge in [0.15, 0.2) is 0 Å². The first-order chi connectivity index (χ1) is 6.59. The molecule has 1 aromatic rings. The number of carbonyl (C=O) groups is 1. The van der Waals surface area contributed by atoms with E-state index in [1.165, 1.54) is 17.0 Å². The van der Waals surface area contributed by atoms with Crippen molar-refractivity contribution in [1.82, 2.24) is 4.90 Å². The highest BCUT2D eigenvalue weighted by Crippen LogP contribution is 2.25. The number of carbonyl (C=O) groups excluding carboxylic acids is 1. The van der Waals surface area contributed by atoms with Crippen molar-refractivity contribution in [1.29, 1.82) is 0 Å². The van der Waals surface area contributed by atoms with Crippen LogP contribution in [0.2, 0.25) is 0 Å². The highest BCUT2D eigenvalue weighted by molar-refractivity contribution is 5.98. The van der Waals surface area contributed by atoms with E-state index in [-0.39, 0.29) is 11.6 Å². The van der Waals surface area contributed by atoms with Crippen LogP contribution in [-0.4, -0.2) is 22.8 Å². The Morgan fingerprint density at radius 1 is 1.50 bits per heavy atom. The molecule has 0 N–H and O–H groups in total. The average Bonchev–Trinajstić information content (AvgIpc) is 2.43. The fourth-order valence-electron chi connectivity index (χ4n) is 1.55. The lowest BCUT2D eigenvalue weighted by Crippen LogP contribution is -2.17. The van der Waals surface area contributed by atoms with Gasteiger partial charge in [0.2, 0.25) is 0 Å². The van der Waals surface area contributed by atoms with Gasteiger partial charge in [0.25, 0.3) is 11.6 Å². The number of hydrogen-bond donors (Lipinski definition) is 0. The molecule has 0 aromatic heterocycles. The molecule has 0 radical (unpaired) electrons. The molecular weight excluding hydrogens is 184 g/mol. The van der Waals surface area contributed by atoms with Gasteiger partial charge < -0.3 is 4.90 Å². The summed E-state index contributed by atoms with van der Waals surface area (Å²) in [4.78, 5) is 23.0. The van der Waals surface area contributed by atoms with Crippen molar-refractivity contribution in [3.05, 3.63) is 39.4 Å². The SMILES string of the molecule is CN1Cc2ccc([N+](=O)[O-])cc2C1=O. The second-order valence-corrected chi connectivity index (χ2v) is 3.26. The van der Waals surface area contributed by atoms with Crippen LogP contribution >= 0.6 is 0 Å². The molecule has 72 valence electrons. The van der Waals surface area contributed by atoms with Crippen LogP contribution in [0, 0.1) is 10.1 Å². The number of fused-ring (bicyclic) bond motifs is 1. The van der Waals surface area contributed by atoms with Gasteiger partial charge in [-0.15, -0.1) is 0 Å². The summed E-state index contributed by atoms with van der Waals surface area (Å²) < 4.78 is 0. The Balaban J connectivity index is 2.51. The standard InChI is InChI=1S/C9H8N2O3/c1-10-5-6-2-3-7(11(13)14)4-8(6)9(10)12/h2-4H,5H2,1H3. The minimum atomic E-state index is -0.494. The molecular formula is C9H8N2O3. The van der Waals surface area contributed by atoms with Crippen LogP contribution in [0.3, 0.4) is 0 Å². The lowest BCUT2D eigenvalue weighted by atomic mass is 10.1. The second-order valence-electron chi connectivity index (χ2n) is 3.26. The lowest BCUT2D eigenvalue weighted by molar-refractivity contribution is -0.384. The van der Waals surface area contributed by atoms with E-state index in [1.807, 2.05) is 0 Å². The number of amides is 1. The summed E-state index contributed by atoms with van der Waals surface area (Å²) in [5, 5.41) is 10.5. The fourth-order valence-corrected chi connectivity index (χ4v) is 1.55. The van der Waals surface area contributed by atoms with Crippen LogP contribution in [0.15, 0.2) is 18.2 Å². The van der Waals surface area contributed by atoms with Gasteiger partial charge in [-0.25, -0.2) is 0 Å². The third kappa shape index (κ3) is 1.14. The van der Waals surface area contributed by atoms with E-state index in [9.17, 15) is 14.9 Å². The van der Waals surface area contributed by atoms with Gasteiger partial charge in [-0.2, -0.15) is 0 Å². The number of nitro groups is 1. The van der Waals surface area contributed by atoms with E-state index in [0.717, 1.165) is 5.56 Å². The van der Waals surface area contributed by atoms with E-state index < -0.39 is 4.92 Å². The Labute approximate surface area is 80.1 Å². The smallest absolute Gasteiger partial charge is 0.270 e. The number of benzene rings is 1. The molecule has 1 aliphatic heterocycles. The highest BCUT2D eigenvalue weighted by atomic mass is 16.6. The van der Waals surface area contributed by atoms with E-state index >= 15 is 0 Å². The summed E-state index contributed by atoms with van der Waals surface area (Å²) in [7, 11) is 1.67. The Hall–Kier alpha value is -1.91. The molecule has 0 atom stereocenters. The van der Waals surface area contributed by atoms with Gasteiger partial charge in [0, 0.05) is 25.7 Å². The molecule has 5 heteroatoms. The Morgan fingerprint density at radius 3 is 2.86 bits per heavy atom. The normalized spacial score (nSPS) is 14.4. The molecule has 0 aliphatic carbocycles. The lowest BCUT2D eigenvalue weighted by Gasteiger charge is -2.04. The van der Waals surface area contributed by atoms with Crippen molar-refractivity contribution in [2.45, 2.75) is 6.54 Å². The zero-order chi connectivity index (χ0) is 10.3. The van der Waals surface area contributed by atoms with Crippen LogP contribution in [0.5, 0.6) is 0 Å². The first-order valence-corrected chi connectivity index (χ1v) is 4.12. The molecule has 1 aliphatic rings. The summed E-state index contributed by atoms with van der Waals surface area (Å²) >= 11 is 0. The molecule has 0 spiro atoms. The van der Waals surface area contributed by atoms with Crippen LogP contribution in [-0.2, 0) is 6.54 Å². The Bertz CT molecular complexity index is 428. The van der Waals surface area contributed by atoms with E-state index in [0.29, 0.717) is 12.1 Å². The number of hydrogen-bond acceptors (Lipinski definition) is 3. The Kier molecular flexibility index (Phi) is 1.73. The molecule has 1 aromatic carbocycles. The minimum Gasteiger partial charge on any atom is -0.337 e. The van der Waals surface area contributed by atoms with E-state index in [4.69, 9.17) is 0 Å². The van der Waals surface area contributed by atoms with Gasteiger partial charge in [-0.3, -0.25) is 14.9 Å². The molecule has 0 saturated heterocycles. The van der Waals surface area contributed by atoms with Gasteiger partial charge in [0.05, 0.1) is 10.5 Å². The van der Waals surface area contributed by atoms with Crippen LogP contribution in [0.25, 0.3) is 0 Å². The molecule has 14 heavy (non-hydrogen) atoms. The zero-order valence-corrected chi connectivity index (χ0v) is 7.56. The third-order valence-electron chi connectivity index (χ3n) is 2.29. The van der Waals surface area contributed by atoms with Crippen LogP contribution in [0.4, 0.5) is 5.69 Å². The van der Waals surface area contributed by atoms with Crippen molar-refractivity contribution >= 4 is 11.6 Å². The van der Waals surface area contributed by atoms with Gasteiger partial charge in [-0.1, -0.05) is 0 Å². The van der Waals surface area contributed by atoms with Crippen molar-refractivity contribution in [2.24, 2.45) is 0 Å². The zero-order valence-electron chi connectivity index (χ0n) is 7.56. The van der Waals surface area contributed by atoms with Gasteiger partial charge in [-0.05, 0) is 11.6 Å². The van der Waals surface area contributed by atoms with E-state index in [2.05, 4.69) is 0 Å². The molecule has 0 fully saturated rings. The van der Waals surface area contributed by atoms with Crippen LogP contribution in [0.1, 0.15) is 15.9 Å². The van der Waals surface area contributed by atoms with Gasteiger partial charge in [0.1, 0.15) is 0 Å². The first-order valence-electron chi connectivity index (χ1n) is 4.12. The van der Waals surface area contributed by atoms with Crippen molar-refractivity contribution in [3.8, 4) is 0 Å². The summed E-state index contributed by atoms with van der Waals surface area (Å²) in [5.74, 6) is -0.149. The van der Waals surface area contributed by atoms with E-state index in [1.54, 1.807) is 13.1 Å². The highest BCUT2D eigenvalue weighted by Gasteiger charge is 2.26. The molecule has 1 amide bonds. The van der Waals surface area contributed by atoms with Crippen molar-refractivity contribution < 1.29 is 9.72 Å². The summed E-state index contributed by atoms with van der Waals surface area (Å²) in [6.07, 6.45) is 0. The molecule has 2 rings (SSSR count). The number of non-ortho nitro benzene ring substituents is 1. The first kappa shape index (κ1) is 8.68. The molecule has 0 unspecified atom stereocenters. The molecule has 5 nitrogen and oxygen atoms in total. The maximum atomic E-state index is 11.5. The minimum absolute atomic E-state index is 0.0348. The number of nitrogens with zero attached hydrogens (tertiary/aromatic N) is 2. The molecule has 0 bridgehead atoms. The number of nitro benzene ring substituents is 1. The largest absolute Gasteiger partial charge is 0.337 e. The molecule has 1 heterocycles. The third-order valence-corrected chi connectivity index (χ3v) is 2.29. The topological polar surface area (TPSA) is 63.4 Å². The second kappa shape index (κ2) is 2.80. The quantitative estimate of drug-likeness (QED) is 0.495. The number of rotatable bonds is 1. The summed E-state index contributed by atoms with van der Waals surface area (Å²) in [6.45, 7) is 0.534.